The van der Waals surface area contributed by atoms with Crippen LogP contribution in [0.15, 0.2) is 53.7 Å². The highest BCUT2D eigenvalue weighted by atomic mass is 32.2. The number of nitrogens with one attached hydrogen (secondary N) is 1. The lowest BCUT2D eigenvalue weighted by Crippen LogP contribution is -2.28. The topological polar surface area (TPSA) is 69.0 Å². The summed E-state index contributed by atoms with van der Waals surface area (Å²) in [7, 11) is 1.89. The Morgan fingerprint density at radius 1 is 1.13 bits per heavy atom. The number of thioether (sulfide) groups is 1. The monoisotopic (exact) mass is 438 g/mol. The van der Waals surface area contributed by atoms with E-state index < -0.39 is 0 Å². The van der Waals surface area contributed by atoms with Gasteiger partial charge in [-0.2, -0.15) is 0 Å². The quantitative estimate of drug-likeness (QED) is 0.486. The summed E-state index contributed by atoms with van der Waals surface area (Å²) in [6.07, 6.45) is 0. The third-order valence-corrected chi connectivity index (χ3v) is 6.10. The fourth-order valence-corrected chi connectivity index (χ4v) is 3.96. The Morgan fingerprint density at radius 2 is 1.87 bits per heavy atom. The molecule has 1 N–H and O–H groups in total. The number of carbonyl (C=O) groups excluding carboxylic acids is 1. The number of ether oxygens (including phenoxy) is 1. The number of benzene rings is 2. The first kappa shape index (κ1) is 22.9. The van der Waals surface area contributed by atoms with E-state index in [9.17, 15) is 4.79 Å². The van der Waals surface area contributed by atoms with Crippen LogP contribution in [0.3, 0.4) is 0 Å². The molecule has 2 aromatic carbocycles. The van der Waals surface area contributed by atoms with Crippen LogP contribution >= 0.6 is 11.8 Å². The summed E-state index contributed by atoms with van der Waals surface area (Å²) in [5.41, 5.74) is 3.41. The molecule has 1 aromatic heterocycles. The van der Waals surface area contributed by atoms with Gasteiger partial charge < -0.3 is 14.6 Å². The summed E-state index contributed by atoms with van der Waals surface area (Å²) in [6.45, 7) is 8.66. The molecule has 6 nitrogen and oxygen atoms in total. The third-order valence-electron chi connectivity index (χ3n) is 5.08. The van der Waals surface area contributed by atoms with Crippen molar-refractivity contribution in [1.82, 2.24) is 20.1 Å². The van der Waals surface area contributed by atoms with Crippen molar-refractivity contribution < 1.29 is 9.53 Å². The first-order valence-corrected chi connectivity index (χ1v) is 11.4. The molecule has 1 unspecified atom stereocenters. The molecular formula is C24H30N4O2S. The van der Waals surface area contributed by atoms with Crippen LogP contribution in [0.4, 0.5) is 0 Å². The van der Waals surface area contributed by atoms with Gasteiger partial charge in [-0.25, -0.2) is 0 Å². The van der Waals surface area contributed by atoms with Crippen LogP contribution in [-0.2, 0) is 18.4 Å². The number of aryl methyl sites for hydroxylation is 1. The molecular weight excluding hydrogens is 408 g/mol. The second kappa shape index (κ2) is 10.5. The fourth-order valence-electron chi connectivity index (χ4n) is 3.22. The fraction of sp³-hybridized carbons (Fsp3) is 0.375. The number of carbonyl (C=O) groups is 1. The SMILES string of the molecule is Cc1ccc(C(C)C)c(OCc2nnc(SCC(=O)NC(C)c3ccccc3)n2C)c1. The summed E-state index contributed by atoms with van der Waals surface area (Å²) < 4.78 is 7.95. The normalized spacial score (nSPS) is 12.1. The van der Waals surface area contributed by atoms with Gasteiger partial charge in [0.25, 0.3) is 0 Å². The molecule has 1 heterocycles. The second-order valence-electron chi connectivity index (χ2n) is 7.93. The van der Waals surface area contributed by atoms with Gasteiger partial charge in [-0.3, -0.25) is 4.79 Å². The molecule has 31 heavy (non-hydrogen) atoms. The van der Waals surface area contributed by atoms with Crippen LogP contribution in [0.2, 0.25) is 0 Å². The van der Waals surface area contributed by atoms with E-state index in [-0.39, 0.29) is 17.7 Å². The molecule has 0 bridgehead atoms. The van der Waals surface area contributed by atoms with Gasteiger partial charge >= 0.3 is 0 Å². The highest BCUT2D eigenvalue weighted by molar-refractivity contribution is 7.99. The van der Waals surface area contributed by atoms with Crippen LogP contribution in [0, 0.1) is 6.92 Å². The summed E-state index contributed by atoms with van der Waals surface area (Å²) in [6, 6.07) is 16.1. The Bertz CT molecular complexity index is 1020. The predicted octanol–water partition coefficient (Wildman–Crippen LogP) is 4.80. The Kier molecular flexibility index (Phi) is 7.74. The van der Waals surface area contributed by atoms with Crippen molar-refractivity contribution in [3.63, 3.8) is 0 Å². The van der Waals surface area contributed by atoms with E-state index in [1.807, 2.05) is 48.9 Å². The number of nitrogens with zero attached hydrogens (tertiary/aromatic N) is 3. The molecule has 0 fully saturated rings. The molecule has 3 rings (SSSR count). The zero-order valence-electron chi connectivity index (χ0n) is 18.8. The van der Waals surface area contributed by atoms with E-state index >= 15 is 0 Å². The van der Waals surface area contributed by atoms with Crippen molar-refractivity contribution in [3.8, 4) is 5.75 Å². The molecule has 1 amide bonds. The minimum absolute atomic E-state index is 0.0384. The van der Waals surface area contributed by atoms with Gasteiger partial charge in [0.05, 0.1) is 11.8 Å². The summed E-state index contributed by atoms with van der Waals surface area (Å²) >= 11 is 1.37. The highest BCUT2D eigenvalue weighted by Crippen LogP contribution is 2.28. The molecule has 0 saturated heterocycles. The molecule has 0 saturated carbocycles. The lowest BCUT2D eigenvalue weighted by molar-refractivity contribution is -0.119. The van der Waals surface area contributed by atoms with E-state index in [2.05, 4.69) is 54.5 Å². The van der Waals surface area contributed by atoms with Gasteiger partial charge in [-0.1, -0.05) is 68.1 Å². The average Bonchev–Trinajstić information content (AvgIpc) is 3.10. The standard InChI is InChI=1S/C24H30N4O2S/c1-16(2)20-12-11-17(3)13-21(20)30-14-22-26-27-24(28(22)5)31-15-23(29)25-18(4)19-9-7-6-8-10-19/h6-13,16,18H,14-15H2,1-5H3,(H,25,29). The lowest BCUT2D eigenvalue weighted by atomic mass is 10.0. The zero-order chi connectivity index (χ0) is 22.4. The van der Waals surface area contributed by atoms with Crippen LogP contribution in [0.25, 0.3) is 0 Å². The van der Waals surface area contributed by atoms with Gasteiger partial charge in [0.2, 0.25) is 5.91 Å². The molecule has 1 atom stereocenters. The van der Waals surface area contributed by atoms with Crippen LogP contribution < -0.4 is 10.1 Å². The number of rotatable bonds is 9. The van der Waals surface area contributed by atoms with E-state index in [1.54, 1.807) is 0 Å². The maximum atomic E-state index is 12.3. The van der Waals surface area contributed by atoms with Crippen LogP contribution in [0.1, 0.15) is 55.2 Å². The predicted molar refractivity (Wildman–Crippen MR) is 124 cm³/mol. The Hall–Kier alpha value is -2.80. The van der Waals surface area contributed by atoms with Crippen LogP contribution in [-0.4, -0.2) is 26.4 Å². The largest absolute Gasteiger partial charge is 0.485 e. The minimum atomic E-state index is -0.0396. The van der Waals surface area contributed by atoms with Gasteiger partial charge in [-0.05, 0) is 42.5 Å². The van der Waals surface area contributed by atoms with E-state index in [4.69, 9.17) is 4.74 Å². The highest BCUT2D eigenvalue weighted by Gasteiger charge is 2.15. The molecule has 0 aliphatic rings. The maximum absolute atomic E-state index is 12.3. The van der Waals surface area contributed by atoms with Crippen LogP contribution in [0.5, 0.6) is 5.75 Å². The van der Waals surface area contributed by atoms with Crippen molar-refractivity contribution in [3.05, 3.63) is 71.0 Å². The van der Waals surface area contributed by atoms with Crippen molar-refractivity contribution in [2.24, 2.45) is 7.05 Å². The number of hydrogen-bond acceptors (Lipinski definition) is 5. The first-order chi connectivity index (χ1) is 14.8. The van der Waals surface area contributed by atoms with Crippen molar-refractivity contribution in [2.45, 2.75) is 51.4 Å². The molecule has 0 radical (unpaired) electrons. The first-order valence-electron chi connectivity index (χ1n) is 10.4. The van der Waals surface area contributed by atoms with E-state index in [1.165, 1.54) is 17.3 Å². The molecule has 0 spiro atoms. The lowest BCUT2D eigenvalue weighted by Gasteiger charge is -2.15. The Labute approximate surface area is 188 Å². The number of aromatic nitrogens is 3. The summed E-state index contributed by atoms with van der Waals surface area (Å²) in [5.74, 6) is 2.21. The van der Waals surface area contributed by atoms with Gasteiger partial charge in [0.15, 0.2) is 11.0 Å². The van der Waals surface area contributed by atoms with Crippen molar-refractivity contribution >= 4 is 17.7 Å². The summed E-state index contributed by atoms with van der Waals surface area (Å²) in [5, 5.41) is 12.2. The van der Waals surface area contributed by atoms with Gasteiger partial charge in [0.1, 0.15) is 12.4 Å². The number of hydrogen-bond donors (Lipinski definition) is 1. The zero-order valence-corrected chi connectivity index (χ0v) is 19.6. The summed E-state index contributed by atoms with van der Waals surface area (Å²) in [4.78, 5) is 12.3. The third kappa shape index (κ3) is 6.10. The van der Waals surface area contributed by atoms with E-state index in [0.717, 1.165) is 22.7 Å². The number of amides is 1. The van der Waals surface area contributed by atoms with E-state index in [0.29, 0.717) is 17.7 Å². The molecule has 164 valence electrons. The molecule has 0 aliphatic carbocycles. The minimum Gasteiger partial charge on any atom is -0.485 e. The smallest absolute Gasteiger partial charge is 0.230 e. The molecule has 3 aromatic rings. The van der Waals surface area contributed by atoms with Gasteiger partial charge in [0, 0.05) is 7.05 Å². The second-order valence-corrected chi connectivity index (χ2v) is 8.87. The molecule has 7 heteroatoms. The molecule has 0 aliphatic heterocycles. The van der Waals surface area contributed by atoms with Crippen molar-refractivity contribution in [1.29, 1.82) is 0 Å². The van der Waals surface area contributed by atoms with Crippen molar-refractivity contribution in [2.75, 3.05) is 5.75 Å². The maximum Gasteiger partial charge on any atom is 0.230 e. The average molecular weight is 439 g/mol. The Balaban J connectivity index is 1.56. The Morgan fingerprint density at radius 3 is 2.58 bits per heavy atom. The van der Waals surface area contributed by atoms with Gasteiger partial charge in [-0.15, -0.1) is 10.2 Å².